The second-order valence-electron chi connectivity index (χ2n) is 6.87. The lowest BCUT2D eigenvalue weighted by molar-refractivity contribution is -0.123. The largest absolute Gasteiger partial charge is 0.292 e. The van der Waals surface area contributed by atoms with Crippen molar-refractivity contribution in [2.75, 3.05) is 11.4 Å². The first-order valence-electron chi connectivity index (χ1n) is 9.59. The fourth-order valence-corrected chi connectivity index (χ4v) is 6.58. The fraction of sp³-hybridized carbons (Fsp3) is 0.0870. The third kappa shape index (κ3) is 3.96. The molecular weight excluding hydrogens is 465 g/mol. The number of rotatable bonds is 4. The van der Waals surface area contributed by atoms with E-state index in [1.165, 1.54) is 16.7 Å². The summed E-state index contributed by atoms with van der Waals surface area (Å²) in [5, 5.41) is 1.97. The molecule has 3 aromatic rings. The molecule has 3 heterocycles. The number of thioether (sulfide) groups is 1. The number of amides is 2. The van der Waals surface area contributed by atoms with E-state index in [2.05, 4.69) is 0 Å². The van der Waals surface area contributed by atoms with Crippen LogP contribution in [0.2, 0.25) is 0 Å². The van der Waals surface area contributed by atoms with Crippen molar-refractivity contribution in [3.8, 4) is 0 Å². The van der Waals surface area contributed by atoms with Gasteiger partial charge in [0.2, 0.25) is 5.91 Å². The molecule has 31 heavy (non-hydrogen) atoms. The Morgan fingerprint density at radius 3 is 2.26 bits per heavy atom. The molecular formula is C23H16N2O2S4. The molecule has 0 radical (unpaired) electrons. The van der Waals surface area contributed by atoms with E-state index in [1.807, 2.05) is 72.1 Å². The Morgan fingerprint density at radius 1 is 0.935 bits per heavy atom. The van der Waals surface area contributed by atoms with Crippen LogP contribution in [0.4, 0.5) is 11.4 Å². The van der Waals surface area contributed by atoms with Crippen LogP contribution in [-0.2, 0) is 9.59 Å². The van der Waals surface area contributed by atoms with Crippen molar-refractivity contribution in [3.63, 3.8) is 0 Å². The fourth-order valence-electron chi connectivity index (χ4n) is 3.49. The lowest BCUT2D eigenvalue weighted by Gasteiger charge is -2.31. The molecule has 0 bridgehead atoms. The van der Waals surface area contributed by atoms with Crippen LogP contribution >= 0.6 is 47.1 Å². The van der Waals surface area contributed by atoms with Gasteiger partial charge in [-0.2, -0.15) is 0 Å². The minimum atomic E-state index is -0.133. The summed E-state index contributed by atoms with van der Waals surface area (Å²) in [4.78, 5) is 33.2. The molecule has 0 spiro atoms. The lowest BCUT2D eigenvalue weighted by atomic mass is 10.2. The van der Waals surface area contributed by atoms with E-state index in [-0.39, 0.29) is 24.8 Å². The van der Waals surface area contributed by atoms with E-state index >= 15 is 0 Å². The number of nitrogens with zero attached hydrogens (tertiary/aromatic N) is 2. The van der Waals surface area contributed by atoms with Gasteiger partial charge in [-0.15, -0.1) is 11.3 Å². The van der Waals surface area contributed by atoms with Crippen LogP contribution in [0, 0.1) is 0 Å². The molecule has 0 atom stereocenters. The summed E-state index contributed by atoms with van der Waals surface area (Å²) in [5.41, 5.74) is 1.75. The maximum absolute atomic E-state index is 13.3. The third-order valence-corrected chi connectivity index (χ3v) is 8.25. The van der Waals surface area contributed by atoms with Crippen LogP contribution in [0.15, 0.2) is 80.7 Å². The van der Waals surface area contributed by atoms with Gasteiger partial charge in [0.1, 0.15) is 4.32 Å². The van der Waals surface area contributed by atoms with Crippen molar-refractivity contribution in [2.45, 2.75) is 16.2 Å². The molecule has 1 fully saturated rings. The molecule has 0 N–H and O–H groups in total. The molecule has 8 heteroatoms. The molecule has 1 aromatic heterocycles. The predicted molar refractivity (Wildman–Crippen MR) is 133 cm³/mol. The average Bonchev–Trinajstić information content (AvgIpc) is 3.38. The second kappa shape index (κ2) is 8.63. The van der Waals surface area contributed by atoms with Gasteiger partial charge in [0, 0.05) is 27.6 Å². The minimum Gasteiger partial charge on any atom is -0.292 e. The van der Waals surface area contributed by atoms with Gasteiger partial charge in [0.05, 0.1) is 16.3 Å². The van der Waals surface area contributed by atoms with Crippen molar-refractivity contribution in [3.05, 3.63) is 75.8 Å². The van der Waals surface area contributed by atoms with Gasteiger partial charge in [0.25, 0.3) is 5.91 Å². The summed E-state index contributed by atoms with van der Waals surface area (Å²) in [5.74, 6) is -0.192. The zero-order chi connectivity index (χ0) is 21.4. The summed E-state index contributed by atoms with van der Waals surface area (Å²) in [6.45, 7) is 0.263. The highest BCUT2D eigenvalue weighted by atomic mass is 32.2. The monoisotopic (exact) mass is 480 g/mol. The molecule has 0 saturated carbocycles. The number of thiocarbonyl (C=S) groups is 1. The molecule has 154 valence electrons. The average molecular weight is 481 g/mol. The number of hydrogen-bond donors (Lipinski definition) is 0. The van der Waals surface area contributed by atoms with Gasteiger partial charge >= 0.3 is 0 Å². The Kier molecular flexibility index (Phi) is 5.71. The van der Waals surface area contributed by atoms with Crippen molar-refractivity contribution in [1.29, 1.82) is 0 Å². The number of hydrogen-bond acceptors (Lipinski definition) is 6. The van der Waals surface area contributed by atoms with Crippen LogP contribution < -0.4 is 4.90 Å². The highest BCUT2D eigenvalue weighted by molar-refractivity contribution is 8.26. The standard InChI is InChI=1S/C23H16N2O2S4/c26-21(11-12-24-22(27)20(31-23(24)28)14-15-6-5-13-29-15)25-16-7-1-3-9-18(16)30-19-10-4-2-8-17(19)25/h1-10,13-14H,11-12H2. The Labute approximate surface area is 197 Å². The Morgan fingerprint density at radius 2 is 1.61 bits per heavy atom. The molecule has 2 amide bonds. The van der Waals surface area contributed by atoms with E-state index in [1.54, 1.807) is 28.0 Å². The van der Waals surface area contributed by atoms with Crippen molar-refractivity contribution in [1.82, 2.24) is 4.90 Å². The number of thiophene rings is 1. The van der Waals surface area contributed by atoms with Crippen LogP contribution in [0.1, 0.15) is 11.3 Å². The zero-order valence-electron chi connectivity index (χ0n) is 16.2. The molecule has 0 unspecified atom stereocenters. The maximum Gasteiger partial charge on any atom is 0.266 e. The first-order chi connectivity index (χ1) is 15.1. The summed E-state index contributed by atoms with van der Waals surface area (Å²) in [6, 6.07) is 19.7. The number of para-hydroxylation sites is 2. The Bertz CT molecular complexity index is 1170. The van der Waals surface area contributed by atoms with Gasteiger partial charge in [-0.1, -0.05) is 66.1 Å². The van der Waals surface area contributed by atoms with E-state index < -0.39 is 0 Å². The van der Waals surface area contributed by atoms with E-state index in [4.69, 9.17) is 12.2 Å². The summed E-state index contributed by atoms with van der Waals surface area (Å²) < 4.78 is 0.496. The highest BCUT2D eigenvalue weighted by Gasteiger charge is 2.34. The Hall–Kier alpha value is -2.39. The zero-order valence-corrected chi connectivity index (χ0v) is 19.5. The van der Waals surface area contributed by atoms with Crippen LogP contribution in [-0.4, -0.2) is 27.6 Å². The summed E-state index contributed by atoms with van der Waals surface area (Å²) in [7, 11) is 0. The van der Waals surface area contributed by atoms with Crippen molar-refractivity contribution >= 4 is 80.7 Å². The number of benzene rings is 2. The second-order valence-corrected chi connectivity index (χ2v) is 10.6. The van der Waals surface area contributed by atoms with Gasteiger partial charge in [0.15, 0.2) is 0 Å². The first kappa shape index (κ1) is 20.5. The molecule has 0 aliphatic carbocycles. The van der Waals surface area contributed by atoms with Crippen molar-refractivity contribution in [2.24, 2.45) is 0 Å². The number of carbonyl (C=O) groups is 2. The molecule has 4 nitrogen and oxygen atoms in total. The quantitative estimate of drug-likeness (QED) is 0.330. The summed E-state index contributed by atoms with van der Waals surface area (Å²) >= 11 is 9.95. The summed E-state index contributed by atoms with van der Waals surface area (Å²) in [6.07, 6.45) is 2.05. The number of anilines is 2. The van der Waals surface area contributed by atoms with E-state index in [9.17, 15) is 9.59 Å². The minimum absolute atomic E-state index is 0.0588. The van der Waals surface area contributed by atoms with Crippen LogP contribution in [0.5, 0.6) is 0 Å². The molecule has 1 saturated heterocycles. The van der Waals surface area contributed by atoms with Gasteiger partial charge in [-0.25, -0.2) is 0 Å². The Balaban J connectivity index is 1.36. The van der Waals surface area contributed by atoms with Gasteiger partial charge < -0.3 is 0 Å². The third-order valence-electron chi connectivity index (χ3n) is 4.92. The normalized spacial score (nSPS) is 16.6. The molecule has 2 aliphatic heterocycles. The van der Waals surface area contributed by atoms with Crippen LogP contribution in [0.25, 0.3) is 6.08 Å². The smallest absolute Gasteiger partial charge is 0.266 e. The number of fused-ring (bicyclic) bond motifs is 2. The molecule has 2 aromatic carbocycles. The van der Waals surface area contributed by atoms with Gasteiger partial charge in [-0.05, 0) is 41.8 Å². The number of carbonyl (C=O) groups excluding carboxylic acids is 2. The SMILES string of the molecule is O=C1C(=Cc2cccs2)SC(=S)N1CCC(=O)N1c2ccccc2Sc2ccccc21. The molecule has 5 rings (SSSR count). The maximum atomic E-state index is 13.3. The van der Waals surface area contributed by atoms with Gasteiger partial charge in [-0.3, -0.25) is 19.4 Å². The first-order valence-corrected chi connectivity index (χ1v) is 12.5. The molecule has 2 aliphatic rings. The topological polar surface area (TPSA) is 40.6 Å². The van der Waals surface area contributed by atoms with Crippen molar-refractivity contribution < 1.29 is 9.59 Å². The highest BCUT2D eigenvalue weighted by Crippen LogP contribution is 2.48. The van der Waals surface area contributed by atoms with Crippen LogP contribution in [0.3, 0.4) is 0 Å². The predicted octanol–water partition coefficient (Wildman–Crippen LogP) is 6.17. The van der Waals surface area contributed by atoms with E-state index in [0.29, 0.717) is 9.23 Å². The van der Waals surface area contributed by atoms with E-state index in [0.717, 1.165) is 26.0 Å². The lowest BCUT2D eigenvalue weighted by Crippen LogP contribution is -2.35.